The van der Waals surface area contributed by atoms with E-state index in [9.17, 15) is 13.2 Å². The van der Waals surface area contributed by atoms with E-state index in [2.05, 4.69) is 16.3 Å². The van der Waals surface area contributed by atoms with Gasteiger partial charge in [0.05, 0.1) is 36.9 Å². The quantitative estimate of drug-likeness (QED) is 0.243. The predicted octanol–water partition coefficient (Wildman–Crippen LogP) is 4.90. The Balaban J connectivity index is 1.44. The van der Waals surface area contributed by atoms with Gasteiger partial charge in [0.2, 0.25) is 15.9 Å². The maximum Gasteiger partial charge on any atom is 0.243 e. The van der Waals surface area contributed by atoms with Gasteiger partial charge in [0, 0.05) is 52.2 Å². The largest absolute Gasteiger partial charge is 0.497 e. The highest BCUT2D eigenvalue weighted by Gasteiger charge is 2.42. The summed E-state index contributed by atoms with van der Waals surface area (Å²) in [4.78, 5) is 14.3. The van der Waals surface area contributed by atoms with Crippen molar-refractivity contribution in [2.24, 2.45) is 0 Å². The lowest BCUT2D eigenvalue weighted by atomic mass is 9.83. The topological polar surface area (TPSA) is 107 Å². The minimum Gasteiger partial charge on any atom is -0.497 e. The van der Waals surface area contributed by atoms with Crippen molar-refractivity contribution in [3.8, 4) is 11.5 Å². The molecule has 10 nitrogen and oxygen atoms in total. The summed E-state index contributed by atoms with van der Waals surface area (Å²) in [5.41, 5.74) is 4.06. The molecule has 2 aliphatic heterocycles. The monoisotopic (exact) mass is 665 g/mol. The predicted molar refractivity (Wildman–Crippen MR) is 182 cm³/mol. The molecule has 0 saturated carbocycles. The number of ether oxygens (including phenoxy) is 4. The second-order valence-electron chi connectivity index (χ2n) is 12.3. The van der Waals surface area contributed by atoms with Crippen LogP contribution >= 0.6 is 0 Å². The standard InChI is InChI=1S/C36H47N3O7S/c1-26-6-13-32(14-7-26)47(41,42)39-24-36(33(23-30(39)16-17-37-27(2)40)29-9-11-31(44-4)12-10-29)46-25-28-8-15-35-34(22-28)38(19-21-45-35)18-5-20-43-3/h6-15,22,30,33,36H,5,16-21,23-25H2,1-4H3,(H,37,40)/t30-,33+,36-/m0/s1. The van der Waals surface area contributed by atoms with Gasteiger partial charge in [-0.3, -0.25) is 4.79 Å². The highest BCUT2D eigenvalue weighted by molar-refractivity contribution is 7.89. The van der Waals surface area contributed by atoms with Crippen LogP contribution in [0.2, 0.25) is 0 Å². The number of hydrogen-bond acceptors (Lipinski definition) is 8. The molecule has 1 saturated heterocycles. The summed E-state index contributed by atoms with van der Waals surface area (Å²) in [5.74, 6) is 1.37. The normalized spacial score (nSPS) is 19.9. The van der Waals surface area contributed by atoms with Gasteiger partial charge in [-0.05, 0) is 73.7 Å². The van der Waals surface area contributed by atoms with Gasteiger partial charge in [0.15, 0.2) is 0 Å². The lowest BCUT2D eigenvalue weighted by Crippen LogP contribution is -2.53. The smallest absolute Gasteiger partial charge is 0.243 e. The zero-order valence-electron chi connectivity index (χ0n) is 27.8. The van der Waals surface area contributed by atoms with Crippen LogP contribution in [0.15, 0.2) is 71.6 Å². The number of carbonyl (C=O) groups is 1. The van der Waals surface area contributed by atoms with Gasteiger partial charge < -0.3 is 29.2 Å². The van der Waals surface area contributed by atoms with E-state index in [0.29, 0.717) is 39.2 Å². The molecule has 0 aliphatic carbocycles. The number of piperidine rings is 1. The molecule has 2 aliphatic rings. The van der Waals surface area contributed by atoms with Crippen LogP contribution in [0.5, 0.6) is 11.5 Å². The average Bonchev–Trinajstić information content (AvgIpc) is 3.07. The molecule has 3 aromatic carbocycles. The number of rotatable bonds is 14. The summed E-state index contributed by atoms with van der Waals surface area (Å²) in [7, 11) is -0.506. The van der Waals surface area contributed by atoms with Crippen LogP contribution < -0.4 is 19.7 Å². The zero-order chi connectivity index (χ0) is 33.4. The second-order valence-corrected chi connectivity index (χ2v) is 14.2. The Morgan fingerprint density at radius 1 is 1.04 bits per heavy atom. The maximum atomic E-state index is 14.2. The van der Waals surface area contributed by atoms with Crippen LogP contribution in [-0.4, -0.2) is 84.4 Å². The summed E-state index contributed by atoms with van der Waals surface area (Å²) in [6.07, 6.45) is 1.50. The Morgan fingerprint density at radius 2 is 1.81 bits per heavy atom. The first-order valence-corrected chi connectivity index (χ1v) is 17.7. The van der Waals surface area contributed by atoms with E-state index >= 15 is 0 Å². The molecule has 47 heavy (non-hydrogen) atoms. The van der Waals surface area contributed by atoms with Crippen LogP contribution in [0.4, 0.5) is 5.69 Å². The van der Waals surface area contributed by atoms with E-state index < -0.39 is 16.1 Å². The number of carbonyl (C=O) groups excluding carboxylic acids is 1. The molecule has 1 fully saturated rings. The second kappa shape index (κ2) is 16.0. The number of anilines is 1. The number of hydrogen-bond donors (Lipinski definition) is 1. The van der Waals surface area contributed by atoms with Crippen LogP contribution in [-0.2, 0) is 30.9 Å². The highest BCUT2D eigenvalue weighted by Crippen LogP contribution is 2.39. The first-order chi connectivity index (χ1) is 22.7. The summed E-state index contributed by atoms with van der Waals surface area (Å²) in [6, 6.07) is 20.6. The van der Waals surface area contributed by atoms with Gasteiger partial charge in [-0.1, -0.05) is 35.9 Å². The van der Waals surface area contributed by atoms with Crippen molar-refractivity contribution >= 4 is 21.6 Å². The summed E-state index contributed by atoms with van der Waals surface area (Å²) < 4.78 is 53.3. The minimum absolute atomic E-state index is 0.0841. The third-order valence-electron chi connectivity index (χ3n) is 8.99. The molecule has 0 aromatic heterocycles. The zero-order valence-corrected chi connectivity index (χ0v) is 28.6. The van der Waals surface area contributed by atoms with Crippen molar-refractivity contribution in [1.29, 1.82) is 0 Å². The number of aryl methyl sites for hydroxylation is 1. The minimum atomic E-state index is -3.85. The summed E-state index contributed by atoms with van der Waals surface area (Å²) in [6.45, 7) is 7.25. The molecule has 2 heterocycles. The van der Waals surface area contributed by atoms with Crippen LogP contribution in [0, 0.1) is 6.92 Å². The molecule has 1 N–H and O–H groups in total. The summed E-state index contributed by atoms with van der Waals surface area (Å²) >= 11 is 0. The fraction of sp³-hybridized carbons (Fsp3) is 0.472. The Kier molecular flexibility index (Phi) is 11.8. The fourth-order valence-electron chi connectivity index (χ4n) is 6.45. The molecule has 1 amide bonds. The van der Waals surface area contributed by atoms with Gasteiger partial charge in [0.25, 0.3) is 0 Å². The molecule has 5 rings (SSSR count). The number of methoxy groups -OCH3 is 2. The van der Waals surface area contributed by atoms with Crippen molar-refractivity contribution in [2.75, 3.05) is 58.5 Å². The van der Waals surface area contributed by atoms with Gasteiger partial charge in [0.1, 0.15) is 18.1 Å². The molecular formula is C36H47N3O7S. The maximum absolute atomic E-state index is 14.2. The van der Waals surface area contributed by atoms with Crippen molar-refractivity contribution in [2.45, 2.75) is 62.7 Å². The number of fused-ring (bicyclic) bond motifs is 1. The third kappa shape index (κ3) is 8.64. The van der Waals surface area contributed by atoms with E-state index in [1.807, 2.05) is 55.5 Å². The van der Waals surface area contributed by atoms with E-state index in [0.717, 1.165) is 53.4 Å². The number of sulfonamides is 1. The molecule has 11 heteroatoms. The van der Waals surface area contributed by atoms with Gasteiger partial charge in [-0.25, -0.2) is 8.42 Å². The van der Waals surface area contributed by atoms with E-state index in [-0.39, 0.29) is 29.3 Å². The molecule has 0 bridgehead atoms. The highest BCUT2D eigenvalue weighted by atomic mass is 32.2. The van der Waals surface area contributed by atoms with E-state index in [1.54, 1.807) is 30.7 Å². The molecule has 254 valence electrons. The van der Waals surface area contributed by atoms with Crippen LogP contribution in [0.25, 0.3) is 0 Å². The number of benzene rings is 3. The van der Waals surface area contributed by atoms with Crippen LogP contribution in [0.3, 0.4) is 0 Å². The Bertz CT molecular complexity index is 1580. The molecular weight excluding hydrogens is 618 g/mol. The van der Waals surface area contributed by atoms with E-state index in [4.69, 9.17) is 18.9 Å². The van der Waals surface area contributed by atoms with Crippen molar-refractivity contribution in [1.82, 2.24) is 9.62 Å². The lowest BCUT2D eigenvalue weighted by molar-refractivity contribution is -0.119. The third-order valence-corrected chi connectivity index (χ3v) is 10.9. The lowest BCUT2D eigenvalue weighted by Gasteiger charge is -2.43. The molecule has 0 radical (unpaired) electrons. The van der Waals surface area contributed by atoms with Crippen LogP contribution in [0.1, 0.15) is 48.8 Å². The molecule has 3 aromatic rings. The number of nitrogens with zero attached hydrogens (tertiary/aromatic N) is 2. The fourth-order valence-corrected chi connectivity index (χ4v) is 8.12. The summed E-state index contributed by atoms with van der Waals surface area (Å²) in [5, 5.41) is 2.85. The molecule has 0 unspecified atom stereocenters. The first kappa shape index (κ1) is 34.7. The van der Waals surface area contributed by atoms with Gasteiger partial charge in [-0.15, -0.1) is 0 Å². The van der Waals surface area contributed by atoms with Gasteiger partial charge in [-0.2, -0.15) is 4.31 Å². The number of nitrogens with one attached hydrogen (secondary N) is 1. The van der Waals surface area contributed by atoms with Gasteiger partial charge >= 0.3 is 0 Å². The molecule has 3 atom stereocenters. The SMILES string of the molecule is COCCCN1CCOc2ccc(CO[C@H]3CN(S(=O)(=O)c4ccc(C)cc4)[C@@H](CCNC(C)=O)C[C@@H]3c3ccc(OC)cc3)cc21. The average molecular weight is 666 g/mol. The van der Waals surface area contributed by atoms with Crippen molar-refractivity contribution in [3.05, 3.63) is 83.4 Å². The molecule has 0 spiro atoms. The van der Waals surface area contributed by atoms with E-state index in [1.165, 1.54) is 6.92 Å². The van der Waals surface area contributed by atoms with Crippen molar-refractivity contribution < 1.29 is 32.2 Å². The Labute approximate surface area is 279 Å². The number of amides is 1. The Morgan fingerprint density at radius 3 is 2.51 bits per heavy atom. The first-order valence-electron chi connectivity index (χ1n) is 16.3. The van der Waals surface area contributed by atoms with Crippen molar-refractivity contribution in [3.63, 3.8) is 0 Å². The Hall–Kier alpha value is -3.64.